The van der Waals surface area contributed by atoms with E-state index in [9.17, 15) is 13.2 Å². The lowest BCUT2D eigenvalue weighted by Crippen LogP contribution is -2.17. The van der Waals surface area contributed by atoms with Gasteiger partial charge in [-0.3, -0.25) is 0 Å². The topological polar surface area (TPSA) is 66.0 Å². The molecule has 0 spiro atoms. The molecule has 0 radical (unpaired) electrons. The second-order valence-corrected chi connectivity index (χ2v) is 6.93. The maximum atomic E-state index is 12.2. The van der Waals surface area contributed by atoms with Crippen LogP contribution in [-0.4, -0.2) is 21.2 Å². The first kappa shape index (κ1) is 18.6. The number of rotatable bonds is 5. The Balaban J connectivity index is 1.68. The Labute approximate surface area is 159 Å². The van der Waals surface area contributed by atoms with Gasteiger partial charge < -0.3 is 10.6 Å². The zero-order valence-electron chi connectivity index (χ0n) is 13.1. The van der Waals surface area contributed by atoms with Gasteiger partial charge in [0.15, 0.2) is 5.82 Å². The third-order valence-corrected chi connectivity index (χ3v) is 5.01. The van der Waals surface area contributed by atoms with Gasteiger partial charge in [0.1, 0.15) is 5.75 Å². The highest BCUT2D eigenvalue weighted by Gasteiger charge is 2.30. The van der Waals surface area contributed by atoms with Crippen molar-refractivity contribution in [2.45, 2.75) is 17.3 Å². The van der Waals surface area contributed by atoms with Crippen LogP contribution in [0.3, 0.4) is 0 Å². The quantitative estimate of drug-likeness (QED) is 0.459. The summed E-state index contributed by atoms with van der Waals surface area (Å²) in [6, 6.07) is 13.1. The van der Waals surface area contributed by atoms with E-state index in [1.807, 2.05) is 24.3 Å². The van der Waals surface area contributed by atoms with Gasteiger partial charge in [0.25, 0.3) is 0 Å². The zero-order chi connectivity index (χ0) is 18.7. The Bertz CT molecular complexity index is 899. The van der Waals surface area contributed by atoms with Crippen LogP contribution in [0.5, 0.6) is 5.75 Å². The molecule has 10 heteroatoms. The molecule has 1 heterocycles. The predicted molar refractivity (Wildman–Crippen MR) is 96.0 cm³/mol. The van der Waals surface area contributed by atoms with Crippen molar-refractivity contribution in [3.05, 3.63) is 58.6 Å². The van der Waals surface area contributed by atoms with Crippen molar-refractivity contribution in [1.82, 2.24) is 14.9 Å². The highest BCUT2D eigenvalue weighted by molar-refractivity contribution is 9.10. The Hall–Kier alpha value is -2.20. The monoisotopic (exact) mass is 444 g/mol. The molecule has 5 nitrogen and oxygen atoms in total. The second-order valence-electron chi connectivity index (χ2n) is 5.14. The van der Waals surface area contributed by atoms with Crippen molar-refractivity contribution < 1.29 is 17.9 Å². The number of aromatic nitrogens is 3. The van der Waals surface area contributed by atoms with Gasteiger partial charge in [-0.1, -0.05) is 52.0 Å². The van der Waals surface area contributed by atoms with E-state index in [4.69, 9.17) is 5.84 Å². The average molecular weight is 445 g/mol. The van der Waals surface area contributed by atoms with Crippen LogP contribution in [0.4, 0.5) is 13.2 Å². The Kier molecular flexibility index (Phi) is 5.42. The summed E-state index contributed by atoms with van der Waals surface area (Å²) >= 11 is 4.77. The van der Waals surface area contributed by atoms with Gasteiger partial charge in [-0.25, -0.2) is 4.68 Å². The molecular formula is C16H12BrF3N4OS. The summed E-state index contributed by atoms with van der Waals surface area (Å²) in [7, 11) is 0. The highest BCUT2D eigenvalue weighted by atomic mass is 79.9. The maximum absolute atomic E-state index is 12.2. The van der Waals surface area contributed by atoms with Crippen LogP contribution < -0.4 is 10.6 Å². The van der Waals surface area contributed by atoms with Crippen LogP contribution in [0, 0.1) is 0 Å². The van der Waals surface area contributed by atoms with Crippen LogP contribution >= 0.6 is 27.7 Å². The van der Waals surface area contributed by atoms with Crippen LogP contribution in [-0.2, 0) is 5.75 Å². The minimum absolute atomic E-state index is 0.260. The summed E-state index contributed by atoms with van der Waals surface area (Å²) in [5.41, 5.74) is 1.61. The number of nitrogen functional groups attached to an aromatic ring is 1. The standard InChI is InChI=1S/C16H12BrF3N4OS/c17-13-4-2-1-3-12(13)14-22-23-15(24(14)21)26-9-10-5-7-11(8-6-10)25-16(18,19)20/h1-8H,9,21H2. The summed E-state index contributed by atoms with van der Waals surface area (Å²) in [5, 5.41) is 8.67. The maximum Gasteiger partial charge on any atom is 0.573 e. The highest BCUT2D eigenvalue weighted by Crippen LogP contribution is 2.29. The van der Waals surface area contributed by atoms with E-state index in [0.717, 1.165) is 15.6 Å². The lowest BCUT2D eigenvalue weighted by Gasteiger charge is -2.09. The molecule has 2 N–H and O–H groups in total. The summed E-state index contributed by atoms with van der Waals surface area (Å²) in [4.78, 5) is 0. The summed E-state index contributed by atoms with van der Waals surface area (Å²) in [5.74, 6) is 6.79. The number of nitrogens with two attached hydrogens (primary N) is 1. The molecule has 0 atom stereocenters. The third-order valence-electron chi connectivity index (χ3n) is 3.30. The molecule has 0 fully saturated rings. The second kappa shape index (κ2) is 7.58. The minimum atomic E-state index is -4.70. The van der Waals surface area contributed by atoms with Gasteiger partial charge in [0, 0.05) is 15.8 Å². The first-order valence-electron chi connectivity index (χ1n) is 7.26. The van der Waals surface area contributed by atoms with Gasteiger partial charge in [0.2, 0.25) is 5.16 Å². The summed E-state index contributed by atoms with van der Waals surface area (Å²) in [6.07, 6.45) is -4.70. The van der Waals surface area contributed by atoms with E-state index < -0.39 is 6.36 Å². The van der Waals surface area contributed by atoms with Crippen LogP contribution in [0.15, 0.2) is 58.2 Å². The molecular weight excluding hydrogens is 433 g/mol. The van der Waals surface area contributed by atoms with Crippen LogP contribution in [0.1, 0.15) is 5.56 Å². The van der Waals surface area contributed by atoms with Gasteiger partial charge in [0.05, 0.1) is 0 Å². The van der Waals surface area contributed by atoms with Gasteiger partial charge in [-0.2, -0.15) is 0 Å². The third kappa shape index (κ3) is 4.50. The van der Waals surface area contributed by atoms with Crippen molar-refractivity contribution in [1.29, 1.82) is 0 Å². The molecule has 0 aliphatic heterocycles. The van der Waals surface area contributed by atoms with Gasteiger partial charge in [-0.05, 0) is 29.8 Å². The van der Waals surface area contributed by atoms with Crippen LogP contribution in [0.2, 0.25) is 0 Å². The lowest BCUT2D eigenvalue weighted by molar-refractivity contribution is -0.274. The molecule has 0 amide bonds. The fraction of sp³-hybridized carbons (Fsp3) is 0.125. The van der Waals surface area contributed by atoms with Crippen molar-refractivity contribution >= 4 is 27.7 Å². The van der Waals surface area contributed by atoms with E-state index in [1.165, 1.54) is 28.6 Å². The average Bonchev–Trinajstić information content (AvgIpc) is 2.94. The largest absolute Gasteiger partial charge is 0.573 e. The van der Waals surface area contributed by atoms with E-state index in [2.05, 4.69) is 30.9 Å². The molecule has 0 bridgehead atoms. The molecule has 136 valence electrons. The lowest BCUT2D eigenvalue weighted by atomic mass is 10.2. The fourth-order valence-electron chi connectivity index (χ4n) is 2.14. The van der Waals surface area contributed by atoms with E-state index in [-0.39, 0.29) is 5.75 Å². The normalized spacial score (nSPS) is 11.5. The van der Waals surface area contributed by atoms with Crippen molar-refractivity contribution in [2.24, 2.45) is 0 Å². The molecule has 3 aromatic rings. The number of halogens is 4. The predicted octanol–water partition coefficient (Wildman–Crippen LogP) is 4.61. The van der Waals surface area contributed by atoms with E-state index in [1.54, 1.807) is 12.1 Å². The summed E-state index contributed by atoms with van der Waals surface area (Å²) in [6.45, 7) is 0. The Morgan fingerprint density at radius 1 is 1.08 bits per heavy atom. The fourth-order valence-corrected chi connectivity index (χ4v) is 3.41. The number of hydrogen-bond donors (Lipinski definition) is 1. The number of thioether (sulfide) groups is 1. The summed E-state index contributed by atoms with van der Waals surface area (Å²) < 4.78 is 42.6. The Morgan fingerprint density at radius 3 is 2.42 bits per heavy atom. The minimum Gasteiger partial charge on any atom is -0.406 e. The molecule has 0 saturated heterocycles. The number of nitrogens with zero attached hydrogens (tertiary/aromatic N) is 3. The number of ether oxygens (including phenoxy) is 1. The first-order chi connectivity index (χ1) is 12.3. The SMILES string of the molecule is Nn1c(SCc2ccc(OC(F)(F)F)cc2)nnc1-c1ccccc1Br. The Morgan fingerprint density at radius 2 is 1.77 bits per heavy atom. The smallest absolute Gasteiger partial charge is 0.406 e. The molecule has 3 rings (SSSR count). The zero-order valence-corrected chi connectivity index (χ0v) is 15.5. The number of benzene rings is 2. The molecule has 0 saturated carbocycles. The molecule has 0 aliphatic rings. The van der Waals surface area contributed by atoms with E-state index in [0.29, 0.717) is 16.7 Å². The molecule has 26 heavy (non-hydrogen) atoms. The van der Waals surface area contributed by atoms with Crippen LogP contribution in [0.25, 0.3) is 11.4 Å². The van der Waals surface area contributed by atoms with Crippen molar-refractivity contribution in [3.63, 3.8) is 0 Å². The first-order valence-corrected chi connectivity index (χ1v) is 9.04. The van der Waals surface area contributed by atoms with Crippen molar-refractivity contribution in [2.75, 3.05) is 5.84 Å². The van der Waals surface area contributed by atoms with Gasteiger partial charge in [-0.15, -0.1) is 23.4 Å². The molecule has 0 unspecified atom stereocenters. The molecule has 2 aromatic carbocycles. The van der Waals surface area contributed by atoms with Crippen molar-refractivity contribution in [3.8, 4) is 17.1 Å². The molecule has 1 aromatic heterocycles. The van der Waals surface area contributed by atoms with Gasteiger partial charge >= 0.3 is 6.36 Å². The molecule has 0 aliphatic carbocycles. The number of alkyl halides is 3. The van der Waals surface area contributed by atoms with E-state index >= 15 is 0 Å². The number of hydrogen-bond acceptors (Lipinski definition) is 5.